The highest BCUT2D eigenvalue weighted by Crippen LogP contribution is 2.65. The minimum absolute atomic E-state index is 0.0608. The minimum atomic E-state index is -0.107. The summed E-state index contributed by atoms with van der Waals surface area (Å²) < 4.78 is 0. The lowest BCUT2D eigenvalue weighted by atomic mass is 9.48. The molecule has 4 aliphatic carbocycles. The van der Waals surface area contributed by atoms with Crippen molar-refractivity contribution in [2.45, 2.75) is 59.8 Å². The number of allylic oxidation sites excluding steroid dienone is 4. The van der Waals surface area contributed by atoms with Crippen LogP contribution in [0.1, 0.15) is 59.8 Å². The topological polar surface area (TPSA) is 34.1 Å². The average molecular weight is 326 g/mol. The molecule has 0 spiro atoms. The lowest BCUT2D eigenvalue weighted by Gasteiger charge is -2.56. The van der Waals surface area contributed by atoms with Crippen molar-refractivity contribution in [2.24, 2.45) is 40.4 Å². The van der Waals surface area contributed by atoms with E-state index in [1.165, 1.54) is 24.8 Å². The van der Waals surface area contributed by atoms with Gasteiger partial charge >= 0.3 is 0 Å². The Bertz CT molecular complexity index is 657. The Kier molecular flexibility index (Phi) is 3.50. The normalized spacial score (nSPS) is 49.9. The molecule has 24 heavy (non-hydrogen) atoms. The molecule has 0 heterocycles. The number of hydrogen-bond donors (Lipinski definition) is 0. The van der Waals surface area contributed by atoms with Crippen LogP contribution in [0.5, 0.6) is 0 Å². The largest absolute Gasteiger partial charge is 0.299 e. The molecule has 3 fully saturated rings. The first-order valence-corrected chi connectivity index (χ1v) is 9.72. The number of rotatable bonds is 1. The molecule has 4 aliphatic rings. The molecule has 2 heteroatoms. The first-order chi connectivity index (χ1) is 11.3. The van der Waals surface area contributed by atoms with Crippen LogP contribution < -0.4 is 0 Å². The molecule has 0 aromatic rings. The lowest BCUT2D eigenvalue weighted by Crippen LogP contribution is -2.50. The van der Waals surface area contributed by atoms with E-state index in [-0.39, 0.29) is 16.6 Å². The molecule has 2 nitrogen and oxygen atoms in total. The first kappa shape index (κ1) is 16.3. The number of carbonyl (C=O) groups excluding carboxylic acids is 2. The first-order valence-electron chi connectivity index (χ1n) is 9.72. The molecule has 0 aliphatic heterocycles. The molecule has 6 unspecified atom stereocenters. The summed E-state index contributed by atoms with van der Waals surface area (Å²) in [5.41, 5.74) is 1.31. The van der Waals surface area contributed by atoms with Crippen molar-refractivity contribution in [3.63, 3.8) is 0 Å². The third-order valence-corrected chi connectivity index (χ3v) is 8.42. The number of Topliss-reactive ketones (excluding diaryl/α,β-unsaturated/α-hetero) is 1. The lowest BCUT2D eigenvalue weighted by molar-refractivity contribution is -0.132. The van der Waals surface area contributed by atoms with Gasteiger partial charge in [0.2, 0.25) is 0 Å². The fourth-order valence-corrected chi connectivity index (χ4v) is 7.11. The quantitative estimate of drug-likeness (QED) is 0.697. The Morgan fingerprint density at radius 1 is 1.21 bits per heavy atom. The van der Waals surface area contributed by atoms with Crippen molar-refractivity contribution in [1.82, 2.24) is 0 Å². The molecule has 3 saturated carbocycles. The number of carbonyl (C=O) groups is 2. The van der Waals surface area contributed by atoms with Crippen molar-refractivity contribution in [3.8, 4) is 0 Å². The minimum Gasteiger partial charge on any atom is -0.299 e. The van der Waals surface area contributed by atoms with Crippen molar-refractivity contribution >= 4 is 11.6 Å². The van der Waals surface area contributed by atoms with Gasteiger partial charge in [-0.25, -0.2) is 0 Å². The molecule has 7 atom stereocenters. The SMILES string of the molecule is CC(=O)[C@@]1(C)CCC2C3CCC4=CC(=O)C=CC4(C)C3CC(C)C21. The van der Waals surface area contributed by atoms with Gasteiger partial charge in [-0.3, -0.25) is 9.59 Å². The predicted molar refractivity (Wildman–Crippen MR) is 95.3 cm³/mol. The van der Waals surface area contributed by atoms with E-state index >= 15 is 0 Å². The van der Waals surface area contributed by atoms with Crippen LogP contribution in [-0.2, 0) is 9.59 Å². The second-order valence-corrected chi connectivity index (χ2v) is 9.41. The Hall–Kier alpha value is -1.18. The van der Waals surface area contributed by atoms with E-state index in [2.05, 4.69) is 26.8 Å². The molecule has 0 radical (unpaired) electrons. The second kappa shape index (κ2) is 5.16. The molecular weight excluding hydrogens is 296 g/mol. The molecule has 0 aromatic carbocycles. The van der Waals surface area contributed by atoms with Crippen LogP contribution in [0.4, 0.5) is 0 Å². The molecule has 0 saturated heterocycles. The third kappa shape index (κ3) is 2.01. The Morgan fingerprint density at radius 2 is 1.96 bits per heavy atom. The molecule has 0 bridgehead atoms. The van der Waals surface area contributed by atoms with Gasteiger partial charge < -0.3 is 0 Å². The zero-order chi connectivity index (χ0) is 17.3. The van der Waals surface area contributed by atoms with Gasteiger partial charge in [0.1, 0.15) is 5.78 Å². The van der Waals surface area contributed by atoms with Gasteiger partial charge in [-0.15, -0.1) is 0 Å². The van der Waals surface area contributed by atoms with Crippen LogP contribution in [0.2, 0.25) is 0 Å². The van der Waals surface area contributed by atoms with E-state index in [9.17, 15) is 9.59 Å². The van der Waals surface area contributed by atoms with Gasteiger partial charge in [0.15, 0.2) is 5.78 Å². The van der Waals surface area contributed by atoms with Gasteiger partial charge in [-0.05, 0) is 80.8 Å². The highest BCUT2D eigenvalue weighted by Gasteiger charge is 2.59. The Balaban J connectivity index is 1.71. The summed E-state index contributed by atoms with van der Waals surface area (Å²) in [5, 5.41) is 0. The summed E-state index contributed by atoms with van der Waals surface area (Å²) in [7, 11) is 0. The van der Waals surface area contributed by atoms with Crippen molar-refractivity contribution in [1.29, 1.82) is 0 Å². The summed E-state index contributed by atoms with van der Waals surface area (Å²) in [6.07, 6.45) is 11.6. The standard InChI is InChI=1S/C22H30O2/c1-13-11-19-17(18-8-10-21(3,14(2)23)20(13)18)6-5-15-12-16(24)7-9-22(15,19)4/h7,9,12-13,17-20H,5-6,8,10-11H2,1-4H3/t13?,17?,18?,19?,20?,21-,22?/m1/s1. The van der Waals surface area contributed by atoms with Crippen LogP contribution in [0.25, 0.3) is 0 Å². The smallest absolute Gasteiger partial charge is 0.178 e. The van der Waals surface area contributed by atoms with Gasteiger partial charge in [-0.1, -0.05) is 32.4 Å². The predicted octanol–water partition coefficient (Wildman–Crippen LogP) is 4.75. The van der Waals surface area contributed by atoms with Crippen molar-refractivity contribution in [2.75, 3.05) is 0 Å². The maximum atomic E-state index is 12.4. The van der Waals surface area contributed by atoms with Gasteiger partial charge in [0, 0.05) is 10.8 Å². The van der Waals surface area contributed by atoms with E-state index in [0.717, 1.165) is 12.8 Å². The van der Waals surface area contributed by atoms with Crippen molar-refractivity contribution in [3.05, 3.63) is 23.8 Å². The number of hydrogen-bond acceptors (Lipinski definition) is 2. The highest BCUT2D eigenvalue weighted by molar-refractivity contribution is 6.01. The second-order valence-electron chi connectivity index (χ2n) is 9.41. The monoisotopic (exact) mass is 326 g/mol. The van der Waals surface area contributed by atoms with Crippen LogP contribution in [-0.4, -0.2) is 11.6 Å². The van der Waals surface area contributed by atoms with E-state index in [1.807, 2.05) is 6.08 Å². The summed E-state index contributed by atoms with van der Waals surface area (Å²) >= 11 is 0. The van der Waals surface area contributed by atoms with Gasteiger partial charge in [0.05, 0.1) is 0 Å². The zero-order valence-corrected chi connectivity index (χ0v) is 15.5. The molecule has 130 valence electrons. The zero-order valence-electron chi connectivity index (χ0n) is 15.5. The fraction of sp³-hybridized carbons (Fsp3) is 0.727. The summed E-state index contributed by atoms with van der Waals surface area (Å²) in [5.74, 6) is 3.74. The Morgan fingerprint density at radius 3 is 2.67 bits per heavy atom. The van der Waals surface area contributed by atoms with Crippen LogP contribution in [0, 0.1) is 40.4 Å². The average Bonchev–Trinajstić information content (AvgIpc) is 2.89. The Labute approximate surface area is 145 Å². The van der Waals surface area contributed by atoms with Crippen LogP contribution in [0.3, 0.4) is 0 Å². The van der Waals surface area contributed by atoms with E-state index in [4.69, 9.17) is 0 Å². The highest BCUT2D eigenvalue weighted by atomic mass is 16.1. The summed E-state index contributed by atoms with van der Waals surface area (Å²) in [6, 6.07) is 0. The van der Waals surface area contributed by atoms with Crippen LogP contribution >= 0.6 is 0 Å². The van der Waals surface area contributed by atoms with E-state index in [0.29, 0.717) is 35.4 Å². The molecule has 0 N–H and O–H groups in total. The van der Waals surface area contributed by atoms with Crippen molar-refractivity contribution < 1.29 is 9.59 Å². The number of ketones is 2. The third-order valence-electron chi connectivity index (χ3n) is 8.42. The molecule has 4 rings (SSSR count). The summed E-state index contributed by atoms with van der Waals surface area (Å²) in [6.45, 7) is 8.76. The van der Waals surface area contributed by atoms with E-state index in [1.54, 1.807) is 13.0 Å². The van der Waals surface area contributed by atoms with Gasteiger partial charge in [0.25, 0.3) is 0 Å². The van der Waals surface area contributed by atoms with E-state index < -0.39 is 0 Å². The molecule has 0 amide bonds. The maximum Gasteiger partial charge on any atom is 0.178 e. The summed E-state index contributed by atoms with van der Waals surface area (Å²) in [4.78, 5) is 24.2. The van der Waals surface area contributed by atoms with Crippen LogP contribution in [0.15, 0.2) is 23.8 Å². The number of fused-ring (bicyclic) bond motifs is 5. The fourth-order valence-electron chi connectivity index (χ4n) is 7.11. The molecular formula is C22H30O2. The molecule has 0 aromatic heterocycles. The van der Waals surface area contributed by atoms with Gasteiger partial charge in [-0.2, -0.15) is 0 Å². The maximum absolute atomic E-state index is 12.4.